The quantitative estimate of drug-likeness (QED) is 0.808. The van der Waals surface area contributed by atoms with E-state index in [4.69, 9.17) is 4.74 Å². The smallest absolute Gasteiger partial charge is 0.227 e. The molecular formula is C21H33N5O3. The first kappa shape index (κ1) is 19.5. The fourth-order valence-electron chi connectivity index (χ4n) is 5.84. The Labute approximate surface area is 172 Å². The predicted molar refractivity (Wildman–Crippen MR) is 106 cm³/mol. The van der Waals surface area contributed by atoms with Crippen molar-refractivity contribution >= 4 is 5.91 Å². The van der Waals surface area contributed by atoms with Crippen LogP contribution in [0.15, 0.2) is 6.20 Å². The van der Waals surface area contributed by atoms with Gasteiger partial charge < -0.3 is 14.7 Å². The van der Waals surface area contributed by atoms with Crippen LogP contribution in [0.1, 0.15) is 50.6 Å². The average molecular weight is 404 g/mol. The van der Waals surface area contributed by atoms with Crippen molar-refractivity contribution in [1.29, 1.82) is 0 Å². The van der Waals surface area contributed by atoms with E-state index in [1.165, 1.54) is 6.42 Å². The Hall–Kier alpha value is -1.51. The van der Waals surface area contributed by atoms with E-state index in [0.29, 0.717) is 31.1 Å². The van der Waals surface area contributed by atoms with E-state index < -0.39 is 5.60 Å². The minimum atomic E-state index is -0.794. The van der Waals surface area contributed by atoms with Gasteiger partial charge in [0, 0.05) is 25.7 Å². The molecule has 5 aliphatic rings. The van der Waals surface area contributed by atoms with Crippen LogP contribution in [0.3, 0.4) is 0 Å². The Kier molecular flexibility index (Phi) is 5.34. The van der Waals surface area contributed by atoms with E-state index in [9.17, 15) is 9.90 Å². The van der Waals surface area contributed by atoms with Gasteiger partial charge in [-0.05, 0) is 38.1 Å². The highest BCUT2D eigenvalue weighted by Crippen LogP contribution is 2.38. The first-order valence-corrected chi connectivity index (χ1v) is 11.4. The molecule has 0 spiro atoms. The average Bonchev–Trinajstić information content (AvgIpc) is 3.24. The minimum Gasteiger partial charge on any atom is -0.383 e. The van der Waals surface area contributed by atoms with E-state index in [1.54, 1.807) is 0 Å². The third-order valence-electron chi connectivity index (χ3n) is 7.61. The maximum Gasteiger partial charge on any atom is 0.227 e. The van der Waals surface area contributed by atoms with Crippen LogP contribution in [-0.2, 0) is 21.7 Å². The molecule has 8 heteroatoms. The van der Waals surface area contributed by atoms with Crippen LogP contribution in [0.4, 0.5) is 0 Å². The zero-order valence-corrected chi connectivity index (χ0v) is 17.2. The summed E-state index contributed by atoms with van der Waals surface area (Å²) in [5.41, 5.74) is -0.0635. The number of hydrogen-bond acceptors (Lipinski definition) is 6. The van der Waals surface area contributed by atoms with Crippen LogP contribution in [0.2, 0.25) is 0 Å². The number of ether oxygens (including phenoxy) is 1. The molecule has 1 N–H and O–H groups in total. The maximum absolute atomic E-state index is 13.0. The number of morpholine rings is 1. The van der Waals surface area contributed by atoms with E-state index in [1.807, 2.05) is 15.8 Å². The Morgan fingerprint density at radius 1 is 1.21 bits per heavy atom. The van der Waals surface area contributed by atoms with Crippen LogP contribution in [0.5, 0.6) is 0 Å². The number of fused-ring (bicyclic) bond motifs is 3. The SMILES string of the molecule is O=C([C@H]1CN2CC[C@H]1C[C@@H]2Cn1cc(C2(O)CCCCC2)nn1)N1CCOCC1. The van der Waals surface area contributed by atoms with Crippen molar-refractivity contribution in [3.05, 3.63) is 11.9 Å². The van der Waals surface area contributed by atoms with Gasteiger partial charge in [0.05, 0.1) is 31.9 Å². The highest BCUT2D eigenvalue weighted by atomic mass is 16.5. The first-order valence-electron chi connectivity index (χ1n) is 11.4. The number of carbonyl (C=O) groups excluding carboxylic acids is 1. The van der Waals surface area contributed by atoms with Crippen LogP contribution in [0, 0.1) is 11.8 Å². The van der Waals surface area contributed by atoms with Gasteiger partial charge in [0.25, 0.3) is 0 Å². The third-order valence-corrected chi connectivity index (χ3v) is 7.61. The van der Waals surface area contributed by atoms with Crippen LogP contribution < -0.4 is 0 Å². The number of aromatic nitrogens is 3. The van der Waals surface area contributed by atoms with Gasteiger partial charge in [0.1, 0.15) is 11.3 Å². The summed E-state index contributed by atoms with van der Waals surface area (Å²) in [5, 5.41) is 19.6. The lowest BCUT2D eigenvalue weighted by molar-refractivity contribution is -0.148. The number of hydrogen-bond donors (Lipinski definition) is 1. The Bertz CT molecular complexity index is 726. The molecule has 4 saturated heterocycles. The van der Waals surface area contributed by atoms with Crippen LogP contribution in [-0.4, -0.2) is 81.2 Å². The van der Waals surface area contributed by atoms with Crippen molar-refractivity contribution in [3.8, 4) is 0 Å². The molecule has 160 valence electrons. The molecule has 4 aliphatic heterocycles. The maximum atomic E-state index is 13.0. The molecule has 0 aromatic carbocycles. The molecule has 6 rings (SSSR count). The van der Waals surface area contributed by atoms with Crippen molar-refractivity contribution < 1.29 is 14.6 Å². The van der Waals surface area contributed by atoms with Crippen LogP contribution in [0.25, 0.3) is 0 Å². The molecule has 8 nitrogen and oxygen atoms in total. The number of aliphatic hydroxyl groups is 1. The van der Waals surface area contributed by atoms with Crippen molar-refractivity contribution in [2.75, 3.05) is 39.4 Å². The molecule has 1 amide bonds. The molecule has 29 heavy (non-hydrogen) atoms. The van der Waals surface area contributed by atoms with Crippen molar-refractivity contribution in [2.24, 2.45) is 11.8 Å². The molecule has 5 heterocycles. The second-order valence-electron chi connectivity index (χ2n) is 9.40. The summed E-state index contributed by atoms with van der Waals surface area (Å²) in [6.07, 6.45) is 8.98. The third kappa shape index (κ3) is 3.82. The van der Waals surface area contributed by atoms with Gasteiger partial charge in [-0.15, -0.1) is 5.10 Å². The Morgan fingerprint density at radius 2 is 2.00 bits per heavy atom. The lowest BCUT2D eigenvalue weighted by Crippen LogP contribution is -2.59. The molecule has 1 aromatic heterocycles. The minimum absolute atomic E-state index is 0.132. The molecule has 1 aromatic rings. The zero-order chi connectivity index (χ0) is 19.8. The van der Waals surface area contributed by atoms with Gasteiger partial charge in [-0.2, -0.15) is 0 Å². The first-order chi connectivity index (χ1) is 14.1. The molecule has 4 atom stereocenters. The van der Waals surface area contributed by atoms with Crippen molar-refractivity contribution in [1.82, 2.24) is 24.8 Å². The molecule has 0 radical (unpaired) electrons. The summed E-state index contributed by atoms with van der Waals surface area (Å²) in [6.45, 7) is 5.50. The van der Waals surface area contributed by atoms with Crippen molar-refractivity contribution in [2.45, 2.75) is 63.1 Å². The van der Waals surface area contributed by atoms with Gasteiger partial charge in [0.15, 0.2) is 0 Å². The molecular weight excluding hydrogens is 370 g/mol. The summed E-state index contributed by atoms with van der Waals surface area (Å²) in [5.74, 6) is 0.919. The fourth-order valence-corrected chi connectivity index (χ4v) is 5.84. The lowest BCUT2D eigenvalue weighted by Gasteiger charge is -2.50. The van der Waals surface area contributed by atoms with E-state index >= 15 is 0 Å². The summed E-state index contributed by atoms with van der Waals surface area (Å²) >= 11 is 0. The monoisotopic (exact) mass is 403 g/mol. The van der Waals surface area contributed by atoms with Crippen molar-refractivity contribution in [3.63, 3.8) is 0 Å². The molecule has 2 bridgehead atoms. The Morgan fingerprint density at radius 3 is 2.72 bits per heavy atom. The lowest BCUT2D eigenvalue weighted by atomic mass is 9.75. The van der Waals surface area contributed by atoms with Gasteiger partial charge in [-0.1, -0.05) is 24.5 Å². The van der Waals surface area contributed by atoms with E-state index in [-0.39, 0.29) is 5.92 Å². The molecule has 1 unspecified atom stereocenters. The number of rotatable bonds is 4. The van der Waals surface area contributed by atoms with E-state index in [2.05, 4.69) is 15.2 Å². The normalized spacial score (nSPS) is 34.3. The zero-order valence-electron chi connectivity index (χ0n) is 17.2. The van der Waals surface area contributed by atoms with Gasteiger partial charge >= 0.3 is 0 Å². The highest BCUT2D eigenvalue weighted by Gasteiger charge is 2.44. The Balaban J connectivity index is 1.21. The van der Waals surface area contributed by atoms with Gasteiger partial charge in [-0.25, -0.2) is 0 Å². The summed E-state index contributed by atoms with van der Waals surface area (Å²) in [7, 11) is 0. The molecule has 1 aliphatic carbocycles. The van der Waals surface area contributed by atoms with Gasteiger partial charge in [-0.3, -0.25) is 14.4 Å². The number of piperidine rings is 3. The fraction of sp³-hybridized carbons (Fsp3) is 0.857. The topological polar surface area (TPSA) is 83.7 Å². The molecule has 5 fully saturated rings. The largest absolute Gasteiger partial charge is 0.383 e. The standard InChI is InChI=1S/C21H33N5O3/c27-20(24-8-10-29-11-9-24)18-14-25-7-4-16(18)12-17(25)13-26-15-19(22-23-26)21(28)5-2-1-3-6-21/h15-18,28H,1-14H2/t16-,17+,18-/m0/s1. The van der Waals surface area contributed by atoms with Gasteiger partial charge in [0.2, 0.25) is 5.91 Å². The van der Waals surface area contributed by atoms with E-state index in [0.717, 1.165) is 76.9 Å². The predicted octanol–water partition coefficient (Wildman–Crippen LogP) is 0.999. The number of carbonyl (C=O) groups is 1. The number of amides is 1. The highest BCUT2D eigenvalue weighted by molar-refractivity contribution is 5.79. The summed E-state index contributed by atoms with van der Waals surface area (Å²) < 4.78 is 7.31. The summed E-state index contributed by atoms with van der Waals surface area (Å²) in [4.78, 5) is 17.5. The van der Waals surface area contributed by atoms with Crippen LogP contribution >= 0.6 is 0 Å². The second kappa shape index (κ2) is 7.96. The second-order valence-corrected chi connectivity index (χ2v) is 9.40. The molecule has 1 saturated carbocycles. The summed E-state index contributed by atoms with van der Waals surface area (Å²) in [6, 6.07) is 0.401. The number of nitrogens with zero attached hydrogens (tertiary/aromatic N) is 5.